The van der Waals surface area contributed by atoms with Gasteiger partial charge in [-0.3, -0.25) is 4.99 Å². The molecule has 1 aromatic heterocycles. The number of nitrogens with zero attached hydrogens (tertiary/aromatic N) is 1. The fraction of sp³-hybridized carbons (Fsp3) is 0.500. The van der Waals surface area contributed by atoms with Crippen LogP contribution >= 0.6 is 11.3 Å². The van der Waals surface area contributed by atoms with Crippen LogP contribution in [0.5, 0.6) is 0 Å². The first kappa shape index (κ1) is 12.5. The average Bonchev–Trinajstić information content (AvgIpc) is 3.10. The van der Waals surface area contributed by atoms with Crippen molar-refractivity contribution in [2.24, 2.45) is 10.9 Å². The van der Waals surface area contributed by atoms with Crippen molar-refractivity contribution in [2.75, 3.05) is 0 Å². The second-order valence-corrected chi connectivity index (χ2v) is 5.38. The van der Waals surface area contributed by atoms with E-state index < -0.39 is 0 Å². The Morgan fingerprint density at radius 1 is 1.65 bits per heavy atom. The van der Waals surface area contributed by atoms with Crippen LogP contribution in [0.1, 0.15) is 43.0 Å². The number of allylic oxidation sites excluding steroid dienone is 1. The van der Waals surface area contributed by atoms with Crippen LogP contribution in [0.4, 0.5) is 5.69 Å². The molecule has 2 rings (SSSR count). The molecule has 0 unspecified atom stereocenters. The maximum absolute atomic E-state index is 9.33. The number of unbranched alkanes of at least 4 members (excludes halogenated alkanes) is 1. The van der Waals surface area contributed by atoms with Gasteiger partial charge in [-0.2, -0.15) is 0 Å². The number of aliphatic imine (C=N–C) groups is 1. The van der Waals surface area contributed by atoms with Crippen molar-refractivity contribution in [1.82, 2.24) is 0 Å². The molecular formula is C14H19NOS. The van der Waals surface area contributed by atoms with Gasteiger partial charge in [-0.05, 0) is 36.1 Å². The van der Waals surface area contributed by atoms with E-state index in [0.29, 0.717) is 5.92 Å². The van der Waals surface area contributed by atoms with Gasteiger partial charge in [-0.1, -0.05) is 19.9 Å². The van der Waals surface area contributed by atoms with Crippen LogP contribution in [-0.4, -0.2) is 11.3 Å². The van der Waals surface area contributed by atoms with Crippen LogP contribution in [0.2, 0.25) is 0 Å². The molecule has 0 spiro atoms. The van der Waals surface area contributed by atoms with Gasteiger partial charge in [0.05, 0.1) is 17.2 Å². The van der Waals surface area contributed by atoms with E-state index in [9.17, 15) is 5.11 Å². The van der Waals surface area contributed by atoms with Gasteiger partial charge in [0.1, 0.15) is 0 Å². The highest BCUT2D eigenvalue weighted by atomic mass is 32.1. The monoisotopic (exact) mass is 249 g/mol. The summed E-state index contributed by atoms with van der Waals surface area (Å²) >= 11 is 1.66. The number of hydrogen-bond donors (Lipinski definition) is 1. The minimum Gasteiger partial charge on any atom is -0.392 e. The summed E-state index contributed by atoms with van der Waals surface area (Å²) in [7, 11) is 0. The van der Waals surface area contributed by atoms with Crippen LogP contribution in [0.25, 0.3) is 5.57 Å². The predicted octanol–water partition coefficient (Wildman–Crippen LogP) is 4.17. The fourth-order valence-electron chi connectivity index (χ4n) is 1.77. The topological polar surface area (TPSA) is 32.6 Å². The number of hydrogen-bond acceptors (Lipinski definition) is 3. The zero-order valence-corrected chi connectivity index (χ0v) is 11.1. The summed E-state index contributed by atoms with van der Waals surface area (Å²) < 4.78 is 0. The molecule has 1 fully saturated rings. The molecule has 0 radical (unpaired) electrons. The number of aliphatic hydroxyl groups is 1. The molecular weight excluding hydrogens is 230 g/mol. The highest BCUT2D eigenvalue weighted by molar-refractivity contribution is 7.11. The van der Waals surface area contributed by atoms with Crippen molar-refractivity contribution < 1.29 is 5.11 Å². The lowest BCUT2D eigenvalue weighted by atomic mass is 10.1. The molecule has 1 heterocycles. The van der Waals surface area contributed by atoms with Gasteiger partial charge >= 0.3 is 0 Å². The van der Waals surface area contributed by atoms with Crippen LogP contribution < -0.4 is 0 Å². The van der Waals surface area contributed by atoms with E-state index >= 15 is 0 Å². The summed E-state index contributed by atoms with van der Waals surface area (Å²) in [5, 5.41) is 11.3. The van der Waals surface area contributed by atoms with Crippen LogP contribution in [0, 0.1) is 5.92 Å². The molecule has 92 valence electrons. The Bertz CT molecular complexity index is 429. The highest BCUT2D eigenvalue weighted by Crippen LogP contribution is 2.46. The van der Waals surface area contributed by atoms with Crippen LogP contribution in [0.15, 0.2) is 17.0 Å². The van der Waals surface area contributed by atoms with Gasteiger partial charge in [0.15, 0.2) is 0 Å². The second kappa shape index (κ2) is 5.61. The lowest BCUT2D eigenvalue weighted by Crippen LogP contribution is -1.85. The molecule has 0 atom stereocenters. The third kappa shape index (κ3) is 2.85. The van der Waals surface area contributed by atoms with E-state index in [-0.39, 0.29) is 6.61 Å². The van der Waals surface area contributed by atoms with Crippen molar-refractivity contribution in [3.05, 3.63) is 22.4 Å². The molecule has 0 aromatic carbocycles. The van der Waals surface area contributed by atoms with Crippen molar-refractivity contribution in [3.63, 3.8) is 0 Å². The zero-order chi connectivity index (χ0) is 12.3. The molecule has 1 N–H and O–H groups in total. The number of aliphatic hydroxyl groups excluding tert-OH is 1. The van der Waals surface area contributed by atoms with Crippen molar-refractivity contribution in [2.45, 2.75) is 39.2 Å². The molecule has 2 nitrogen and oxygen atoms in total. The Balaban J connectivity index is 2.24. The average molecular weight is 249 g/mol. The fourth-order valence-corrected chi connectivity index (χ4v) is 2.83. The molecule has 0 aliphatic heterocycles. The third-order valence-electron chi connectivity index (χ3n) is 3.01. The minimum absolute atomic E-state index is 0.0627. The van der Waals surface area contributed by atoms with E-state index in [4.69, 9.17) is 0 Å². The largest absolute Gasteiger partial charge is 0.392 e. The van der Waals surface area contributed by atoms with Crippen LogP contribution in [-0.2, 0) is 6.61 Å². The highest BCUT2D eigenvalue weighted by Gasteiger charge is 2.28. The smallest absolute Gasteiger partial charge is 0.0863 e. The second-order valence-electron chi connectivity index (χ2n) is 4.50. The summed E-state index contributed by atoms with van der Waals surface area (Å²) in [6.07, 6.45) is 6.54. The van der Waals surface area contributed by atoms with Gasteiger partial charge in [0.2, 0.25) is 0 Å². The van der Waals surface area contributed by atoms with Crippen molar-refractivity contribution in [1.29, 1.82) is 0 Å². The SMILES string of the molecule is C=C(c1scc(CO)c1/N=C\CCC)C1CC1. The third-order valence-corrected chi connectivity index (χ3v) is 4.10. The standard InChI is InChI=1S/C14H19NOS/c1-3-4-7-15-13-12(8-16)9-17-14(13)10(2)11-5-6-11/h7,9,11,16H,2-6,8H2,1H3/b15-7-. The summed E-state index contributed by atoms with van der Waals surface area (Å²) in [6, 6.07) is 0. The number of rotatable bonds is 6. The Kier molecular flexibility index (Phi) is 4.13. The number of thiophene rings is 1. The zero-order valence-electron chi connectivity index (χ0n) is 10.3. The molecule has 0 bridgehead atoms. The van der Waals surface area contributed by atoms with Crippen molar-refractivity contribution in [3.8, 4) is 0 Å². The van der Waals surface area contributed by atoms with Gasteiger partial charge in [-0.25, -0.2) is 0 Å². The Morgan fingerprint density at radius 3 is 3.00 bits per heavy atom. The van der Waals surface area contributed by atoms with Gasteiger partial charge < -0.3 is 5.11 Å². The van der Waals surface area contributed by atoms with E-state index in [0.717, 1.165) is 24.1 Å². The summed E-state index contributed by atoms with van der Waals surface area (Å²) in [5.41, 5.74) is 3.08. The van der Waals surface area contributed by atoms with E-state index in [2.05, 4.69) is 18.5 Å². The molecule has 1 aromatic rings. The molecule has 1 aliphatic carbocycles. The Labute approximate surface area is 107 Å². The lowest BCUT2D eigenvalue weighted by molar-refractivity contribution is 0.283. The predicted molar refractivity (Wildman–Crippen MR) is 75.1 cm³/mol. The van der Waals surface area contributed by atoms with Crippen LogP contribution in [0.3, 0.4) is 0 Å². The normalized spacial score (nSPS) is 15.6. The maximum Gasteiger partial charge on any atom is 0.0863 e. The first-order valence-corrected chi connectivity index (χ1v) is 7.08. The quantitative estimate of drug-likeness (QED) is 0.754. The van der Waals surface area contributed by atoms with Gasteiger partial charge in [0.25, 0.3) is 0 Å². The summed E-state index contributed by atoms with van der Waals surface area (Å²) in [5.74, 6) is 0.653. The molecule has 0 amide bonds. The summed E-state index contributed by atoms with van der Waals surface area (Å²) in [4.78, 5) is 5.69. The van der Waals surface area contributed by atoms with Gasteiger partial charge in [-0.15, -0.1) is 11.3 Å². The molecule has 17 heavy (non-hydrogen) atoms. The first-order chi connectivity index (χ1) is 8.27. The van der Waals surface area contributed by atoms with E-state index in [1.54, 1.807) is 11.3 Å². The Morgan fingerprint density at radius 2 is 2.41 bits per heavy atom. The first-order valence-electron chi connectivity index (χ1n) is 6.20. The molecule has 1 saturated carbocycles. The van der Waals surface area contributed by atoms with Crippen molar-refractivity contribution >= 4 is 28.8 Å². The van der Waals surface area contributed by atoms with E-state index in [1.807, 2.05) is 11.6 Å². The van der Waals surface area contributed by atoms with E-state index in [1.165, 1.54) is 23.3 Å². The summed E-state index contributed by atoms with van der Waals surface area (Å²) in [6.45, 7) is 6.38. The van der Waals surface area contributed by atoms with Gasteiger partial charge in [0, 0.05) is 11.8 Å². The molecule has 3 heteroatoms. The minimum atomic E-state index is 0.0627. The molecule has 0 saturated heterocycles. The molecule has 1 aliphatic rings. The maximum atomic E-state index is 9.33. The Hall–Kier alpha value is -0.930. The lowest BCUT2D eigenvalue weighted by Gasteiger charge is -2.03.